The highest BCUT2D eigenvalue weighted by atomic mass is 16.5. The van der Waals surface area contributed by atoms with E-state index < -0.39 is 0 Å². The number of methoxy groups -OCH3 is 1. The zero-order chi connectivity index (χ0) is 8.69. The molecule has 2 nitrogen and oxygen atoms in total. The first kappa shape index (κ1) is 10.4. The van der Waals surface area contributed by atoms with Crippen LogP contribution in [0.25, 0.3) is 0 Å². The number of nitrogens with two attached hydrogens (primary N) is 1. The van der Waals surface area contributed by atoms with Crippen LogP contribution in [0.3, 0.4) is 0 Å². The molecule has 1 rings (SSSR count). The van der Waals surface area contributed by atoms with E-state index in [-0.39, 0.29) is 12.1 Å². The van der Waals surface area contributed by atoms with E-state index in [4.69, 9.17) is 10.5 Å². The van der Waals surface area contributed by atoms with Gasteiger partial charge in [-0.25, -0.2) is 0 Å². The first-order valence-corrected chi connectivity index (χ1v) is 3.98. The summed E-state index contributed by atoms with van der Waals surface area (Å²) in [5.41, 5.74) is 5.63. The molecule has 1 aliphatic carbocycles. The zero-order valence-electron chi connectivity index (χ0n) is 7.45. The van der Waals surface area contributed by atoms with E-state index in [0.29, 0.717) is 0 Å². The molecular weight excluding hydrogens is 138 g/mol. The smallest absolute Gasteiger partial charge is 0.0941 e. The topological polar surface area (TPSA) is 35.2 Å². The van der Waals surface area contributed by atoms with E-state index >= 15 is 0 Å². The number of hydrogen-bond acceptors (Lipinski definition) is 2. The van der Waals surface area contributed by atoms with Crippen LogP contribution >= 0.6 is 0 Å². The van der Waals surface area contributed by atoms with Gasteiger partial charge in [0.2, 0.25) is 0 Å². The van der Waals surface area contributed by atoms with E-state index in [2.05, 4.69) is 0 Å². The van der Waals surface area contributed by atoms with Gasteiger partial charge in [0.25, 0.3) is 0 Å². The van der Waals surface area contributed by atoms with Crippen LogP contribution in [0.4, 0.5) is 0 Å². The molecule has 2 unspecified atom stereocenters. The SMILES string of the molecule is CC.COC1C=CC=CC1N. The molecule has 0 radical (unpaired) electrons. The summed E-state index contributed by atoms with van der Waals surface area (Å²) in [6, 6.07) is 0.0278. The number of rotatable bonds is 1. The van der Waals surface area contributed by atoms with Crippen molar-refractivity contribution in [1.82, 2.24) is 0 Å². The van der Waals surface area contributed by atoms with E-state index in [0.717, 1.165) is 0 Å². The Bertz CT molecular complexity index is 140. The molecule has 0 bridgehead atoms. The molecule has 2 N–H and O–H groups in total. The Labute approximate surface area is 68.7 Å². The summed E-state index contributed by atoms with van der Waals surface area (Å²) < 4.78 is 5.04. The summed E-state index contributed by atoms with van der Waals surface area (Å²) in [7, 11) is 1.66. The van der Waals surface area contributed by atoms with Crippen molar-refractivity contribution in [2.24, 2.45) is 5.73 Å². The number of allylic oxidation sites excluding steroid dienone is 2. The molecule has 0 aliphatic heterocycles. The van der Waals surface area contributed by atoms with Gasteiger partial charge in [0, 0.05) is 7.11 Å². The van der Waals surface area contributed by atoms with Crippen LogP contribution in [-0.4, -0.2) is 19.3 Å². The van der Waals surface area contributed by atoms with Crippen molar-refractivity contribution in [1.29, 1.82) is 0 Å². The van der Waals surface area contributed by atoms with Gasteiger partial charge in [0.05, 0.1) is 12.1 Å². The minimum absolute atomic E-state index is 0.0278. The second kappa shape index (κ2) is 6.13. The molecular formula is C9H17NO. The summed E-state index contributed by atoms with van der Waals surface area (Å²) in [6.07, 6.45) is 7.81. The lowest BCUT2D eigenvalue weighted by atomic mass is 10.1. The van der Waals surface area contributed by atoms with Crippen LogP contribution in [0, 0.1) is 0 Å². The zero-order valence-corrected chi connectivity index (χ0v) is 7.45. The first-order valence-electron chi connectivity index (χ1n) is 3.98. The summed E-state index contributed by atoms with van der Waals surface area (Å²) in [5.74, 6) is 0. The third-order valence-electron chi connectivity index (χ3n) is 1.40. The largest absolute Gasteiger partial charge is 0.375 e. The summed E-state index contributed by atoms with van der Waals surface area (Å²) in [4.78, 5) is 0. The normalized spacial score (nSPS) is 27.6. The van der Waals surface area contributed by atoms with Crippen molar-refractivity contribution < 1.29 is 4.74 Å². The Morgan fingerprint density at radius 1 is 1.18 bits per heavy atom. The maximum atomic E-state index is 5.63. The summed E-state index contributed by atoms with van der Waals surface area (Å²) >= 11 is 0. The van der Waals surface area contributed by atoms with Crippen molar-refractivity contribution in [3.8, 4) is 0 Å². The fraction of sp³-hybridized carbons (Fsp3) is 0.556. The molecule has 0 saturated carbocycles. The van der Waals surface area contributed by atoms with Gasteiger partial charge in [-0.1, -0.05) is 38.2 Å². The highest BCUT2D eigenvalue weighted by Crippen LogP contribution is 2.04. The fourth-order valence-electron chi connectivity index (χ4n) is 0.840. The average Bonchev–Trinajstić information content (AvgIpc) is 2.09. The van der Waals surface area contributed by atoms with Crippen molar-refractivity contribution in [3.63, 3.8) is 0 Å². The lowest BCUT2D eigenvalue weighted by Gasteiger charge is -2.17. The van der Waals surface area contributed by atoms with Crippen molar-refractivity contribution in [3.05, 3.63) is 24.3 Å². The van der Waals surface area contributed by atoms with Crippen LogP contribution in [0.1, 0.15) is 13.8 Å². The predicted molar refractivity (Wildman–Crippen MR) is 48.4 cm³/mol. The van der Waals surface area contributed by atoms with Crippen molar-refractivity contribution in [2.75, 3.05) is 7.11 Å². The van der Waals surface area contributed by atoms with Crippen LogP contribution in [0.5, 0.6) is 0 Å². The van der Waals surface area contributed by atoms with Crippen molar-refractivity contribution in [2.45, 2.75) is 26.0 Å². The van der Waals surface area contributed by atoms with Gasteiger partial charge < -0.3 is 10.5 Å². The van der Waals surface area contributed by atoms with Crippen LogP contribution < -0.4 is 5.73 Å². The molecule has 0 fully saturated rings. The Kier molecular flexibility index (Phi) is 5.80. The van der Waals surface area contributed by atoms with Crippen LogP contribution in [0.2, 0.25) is 0 Å². The van der Waals surface area contributed by atoms with Gasteiger partial charge in [-0.05, 0) is 0 Å². The summed E-state index contributed by atoms with van der Waals surface area (Å²) in [5, 5.41) is 0. The van der Waals surface area contributed by atoms with Gasteiger partial charge in [-0.15, -0.1) is 0 Å². The minimum Gasteiger partial charge on any atom is -0.375 e. The minimum atomic E-state index is 0.0278. The fourth-order valence-corrected chi connectivity index (χ4v) is 0.840. The molecule has 1 aliphatic rings. The molecule has 0 aromatic rings. The second-order valence-electron chi connectivity index (χ2n) is 2.05. The Hall–Kier alpha value is -0.600. The van der Waals surface area contributed by atoms with Crippen LogP contribution in [-0.2, 0) is 4.74 Å². The van der Waals surface area contributed by atoms with E-state index in [9.17, 15) is 0 Å². The quantitative estimate of drug-likeness (QED) is 0.622. The third kappa shape index (κ3) is 3.35. The van der Waals surface area contributed by atoms with Crippen LogP contribution in [0.15, 0.2) is 24.3 Å². The first-order chi connectivity index (χ1) is 5.34. The summed E-state index contributed by atoms with van der Waals surface area (Å²) in [6.45, 7) is 4.00. The van der Waals surface area contributed by atoms with Gasteiger partial charge in [0.15, 0.2) is 0 Å². The van der Waals surface area contributed by atoms with Gasteiger partial charge in [-0.2, -0.15) is 0 Å². The predicted octanol–water partition coefficient (Wildman–Crippen LogP) is 1.48. The van der Waals surface area contributed by atoms with Crippen molar-refractivity contribution >= 4 is 0 Å². The molecule has 0 amide bonds. The lowest BCUT2D eigenvalue weighted by molar-refractivity contribution is 0.129. The average molecular weight is 155 g/mol. The maximum absolute atomic E-state index is 5.63. The van der Waals surface area contributed by atoms with E-state index in [1.54, 1.807) is 7.11 Å². The molecule has 0 aromatic carbocycles. The highest BCUT2D eigenvalue weighted by Gasteiger charge is 2.11. The Morgan fingerprint density at radius 3 is 2.09 bits per heavy atom. The standard InChI is InChI=1S/C7H11NO.C2H6/c1-9-7-5-3-2-4-6(7)8;1-2/h2-7H,8H2,1H3;1-2H3. The molecule has 0 saturated heterocycles. The van der Waals surface area contributed by atoms with Gasteiger partial charge in [-0.3, -0.25) is 0 Å². The molecule has 2 atom stereocenters. The Balaban J connectivity index is 0.000000461. The maximum Gasteiger partial charge on any atom is 0.0941 e. The van der Waals surface area contributed by atoms with Gasteiger partial charge in [0.1, 0.15) is 0 Å². The molecule has 64 valence electrons. The number of hydrogen-bond donors (Lipinski definition) is 1. The lowest BCUT2D eigenvalue weighted by Crippen LogP contribution is -2.33. The molecule has 0 heterocycles. The number of ether oxygens (including phenoxy) is 1. The molecule has 0 spiro atoms. The molecule has 2 heteroatoms. The highest BCUT2D eigenvalue weighted by molar-refractivity contribution is 5.17. The third-order valence-corrected chi connectivity index (χ3v) is 1.40. The Morgan fingerprint density at radius 2 is 1.73 bits per heavy atom. The van der Waals surface area contributed by atoms with Gasteiger partial charge >= 0.3 is 0 Å². The van der Waals surface area contributed by atoms with E-state index in [1.807, 2.05) is 38.2 Å². The molecule has 11 heavy (non-hydrogen) atoms. The monoisotopic (exact) mass is 155 g/mol. The van der Waals surface area contributed by atoms with E-state index in [1.165, 1.54) is 0 Å². The second-order valence-corrected chi connectivity index (χ2v) is 2.05. The molecule has 0 aromatic heterocycles.